The molecule has 2 aromatic carbocycles. The summed E-state index contributed by atoms with van der Waals surface area (Å²) >= 11 is 0. The van der Waals surface area contributed by atoms with Crippen LogP contribution in [-0.4, -0.2) is 17.7 Å². The van der Waals surface area contributed by atoms with E-state index in [-0.39, 0.29) is 29.6 Å². The first kappa shape index (κ1) is 18.2. The highest BCUT2D eigenvalue weighted by Crippen LogP contribution is 2.38. The Morgan fingerprint density at radius 3 is 2.21 bits per heavy atom. The minimum atomic E-state index is -0.340. The average molecular weight is 374 g/mol. The van der Waals surface area contributed by atoms with Gasteiger partial charge in [0, 0.05) is 5.69 Å². The van der Waals surface area contributed by atoms with Crippen molar-refractivity contribution in [2.24, 2.45) is 11.8 Å². The van der Waals surface area contributed by atoms with Crippen LogP contribution < -0.4 is 10.2 Å². The van der Waals surface area contributed by atoms with Crippen molar-refractivity contribution in [2.45, 2.75) is 26.7 Å². The smallest absolute Gasteiger partial charge is 0.257 e. The van der Waals surface area contributed by atoms with E-state index in [0.29, 0.717) is 29.8 Å². The van der Waals surface area contributed by atoms with Crippen molar-refractivity contribution >= 4 is 29.1 Å². The van der Waals surface area contributed by atoms with Crippen LogP contribution in [0.4, 0.5) is 11.4 Å². The summed E-state index contributed by atoms with van der Waals surface area (Å²) in [6.45, 7) is 3.99. The van der Waals surface area contributed by atoms with Crippen LogP contribution >= 0.6 is 0 Å². The second-order valence-corrected chi connectivity index (χ2v) is 7.44. The maximum Gasteiger partial charge on any atom is 0.257 e. The molecule has 2 atom stereocenters. The van der Waals surface area contributed by atoms with Gasteiger partial charge in [0.2, 0.25) is 11.8 Å². The Kier molecular flexibility index (Phi) is 4.59. The fraction of sp³-hybridized carbons (Fsp3) is 0.261. The van der Waals surface area contributed by atoms with Crippen LogP contribution in [0.3, 0.4) is 0 Å². The van der Waals surface area contributed by atoms with Gasteiger partial charge in [-0.1, -0.05) is 30.4 Å². The number of anilines is 2. The second kappa shape index (κ2) is 7.08. The van der Waals surface area contributed by atoms with Crippen LogP contribution in [-0.2, 0) is 9.59 Å². The van der Waals surface area contributed by atoms with Gasteiger partial charge in [0.15, 0.2) is 0 Å². The summed E-state index contributed by atoms with van der Waals surface area (Å²) in [6, 6.07) is 12.5. The Bertz CT molecular complexity index is 983. The van der Waals surface area contributed by atoms with Crippen LogP contribution in [0.2, 0.25) is 0 Å². The molecule has 0 radical (unpaired) electrons. The van der Waals surface area contributed by atoms with E-state index in [1.807, 2.05) is 44.2 Å². The molecule has 1 aliphatic heterocycles. The molecule has 0 aromatic heterocycles. The third kappa shape index (κ3) is 3.03. The van der Waals surface area contributed by atoms with Gasteiger partial charge in [-0.25, -0.2) is 4.90 Å². The molecule has 5 heteroatoms. The molecular formula is C23H22N2O3. The zero-order valence-electron chi connectivity index (χ0n) is 15.9. The maximum atomic E-state index is 12.9. The zero-order chi connectivity index (χ0) is 19.8. The van der Waals surface area contributed by atoms with E-state index in [1.54, 1.807) is 24.3 Å². The quantitative estimate of drug-likeness (QED) is 0.652. The van der Waals surface area contributed by atoms with Gasteiger partial charge < -0.3 is 5.32 Å². The number of allylic oxidation sites excluding steroid dienone is 2. The minimum absolute atomic E-state index is 0.217. The molecule has 5 nitrogen and oxygen atoms in total. The van der Waals surface area contributed by atoms with Crippen LogP contribution in [0.15, 0.2) is 54.6 Å². The van der Waals surface area contributed by atoms with E-state index in [4.69, 9.17) is 0 Å². The van der Waals surface area contributed by atoms with Gasteiger partial charge in [0.05, 0.1) is 23.1 Å². The van der Waals surface area contributed by atoms with Crippen LogP contribution in [0.5, 0.6) is 0 Å². The normalized spacial score (nSPS) is 21.0. The fourth-order valence-electron chi connectivity index (χ4n) is 3.92. The Balaban J connectivity index is 1.65. The second-order valence-electron chi connectivity index (χ2n) is 7.44. The maximum absolute atomic E-state index is 12.9. The highest BCUT2D eigenvalue weighted by molar-refractivity contribution is 6.25. The lowest BCUT2D eigenvalue weighted by atomic mass is 9.85. The summed E-state index contributed by atoms with van der Waals surface area (Å²) < 4.78 is 0. The van der Waals surface area contributed by atoms with Crippen molar-refractivity contribution in [3.8, 4) is 0 Å². The first-order valence-electron chi connectivity index (χ1n) is 9.48. The first-order chi connectivity index (χ1) is 13.5. The molecule has 0 unspecified atom stereocenters. The number of fused-ring (bicyclic) bond motifs is 1. The molecule has 0 spiro atoms. The molecule has 3 amide bonds. The number of nitrogens with one attached hydrogen (secondary N) is 1. The van der Waals surface area contributed by atoms with Crippen LogP contribution in [0.25, 0.3) is 0 Å². The Hall–Kier alpha value is -3.21. The van der Waals surface area contributed by atoms with Gasteiger partial charge in [0.1, 0.15) is 0 Å². The third-order valence-corrected chi connectivity index (χ3v) is 5.66. The molecule has 28 heavy (non-hydrogen) atoms. The molecule has 1 fully saturated rings. The predicted octanol–water partition coefficient (Wildman–Crippen LogP) is 4.01. The summed E-state index contributed by atoms with van der Waals surface area (Å²) in [7, 11) is 0. The van der Waals surface area contributed by atoms with Crippen LogP contribution in [0, 0.1) is 25.7 Å². The van der Waals surface area contributed by atoms with E-state index < -0.39 is 0 Å². The number of imide groups is 1. The fourth-order valence-corrected chi connectivity index (χ4v) is 3.92. The van der Waals surface area contributed by atoms with Crippen LogP contribution in [0.1, 0.15) is 34.3 Å². The van der Waals surface area contributed by atoms with Gasteiger partial charge in [-0.3, -0.25) is 14.4 Å². The molecule has 1 saturated heterocycles. The van der Waals surface area contributed by atoms with Gasteiger partial charge in [-0.2, -0.15) is 0 Å². The number of rotatable bonds is 3. The Morgan fingerprint density at radius 2 is 1.57 bits per heavy atom. The van der Waals surface area contributed by atoms with Gasteiger partial charge in [-0.15, -0.1) is 0 Å². The molecular weight excluding hydrogens is 352 g/mol. The summed E-state index contributed by atoms with van der Waals surface area (Å²) in [5, 5.41) is 2.88. The Labute approximate surface area is 164 Å². The molecule has 0 saturated carbocycles. The molecule has 0 bridgehead atoms. The third-order valence-electron chi connectivity index (χ3n) is 5.66. The van der Waals surface area contributed by atoms with E-state index in [0.717, 1.165) is 11.1 Å². The van der Waals surface area contributed by atoms with Gasteiger partial charge >= 0.3 is 0 Å². The topological polar surface area (TPSA) is 66.5 Å². The van der Waals surface area contributed by atoms with Crippen molar-refractivity contribution in [3.05, 3.63) is 71.3 Å². The number of aryl methyl sites for hydroxylation is 2. The molecule has 4 rings (SSSR count). The highest BCUT2D eigenvalue weighted by atomic mass is 16.2. The van der Waals surface area contributed by atoms with Gasteiger partial charge in [0.25, 0.3) is 5.91 Å². The number of benzene rings is 2. The van der Waals surface area contributed by atoms with E-state index in [9.17, 15) is 14.4 Å². The summed E-state index contributed by atoms with van der Waals surface area (Å²) in [5.74, 6) is -1.43. The lowest BCUT2D eigenvalue weighted by molar-refractivity contribution is -0.122. The molecule has 142 valence electrons. The number of carbonyl (C=O) groups excluding carboxylic acids is 3. The molecule has 1 N–H and O–H groups in total. The van der Waals surface area contributed by atoms with Crippen molar-refractivity contribution in [3.63, 3.8) is 0 Å². The SMILES string of the molecule is Cc1ccc(NC(=O)c2ccccc2N2C(=O)[C@H]3CC=CC[C@H]3C2=O)cc1C. The predicted molar refractivity (Wildman–Crippen MR) is 108 cm³/mol. The number of amides is 3. The zero-order valence-corrected chi connectivity index (χ0v) is 15.9. The molecule has 1 aliphatic carbocycles. The number of hydrogen-bond acceptors (Lipinski definition) is 3. The first-order valence-corrected chi connectivity index (χ1v) is 9.48. The summed E-state index contributed by atoms with van der Waals surface area (Å²) in [6.07, 6.45) is 5.05. The molecule has 1 heterocycles. The van der Waals surface area contributed by atoms with Crippen molar-refractivity contribution in [2.75, 3.05) is 10.2 Å². The highest BCUT2D eigenvalue weighted by Gasteiger charge is 2.48. The summed E-state index contributed by atoms with van der Waals surface area (Å²) in [4.78, 5) is 40.0. The van der Waals surface area contributed by atoms with E-state index in [1.165, 1.54) is 4.90 Å². The van der Waals surface area contributed by atoms with Gasteiger partial charge in [-0.05, 0) is 62.1 Å². The van der Waals surface area contributed by atoms with Crippen molar-refractivity contribution in [1.82, 2.24) is 0 Å². The van der Waals surface area contributed by atoms with Crippen molar-refractivity contribution < 1.29 is 14.4 Å². The monoisotopic (exact) mass is 374 g/mol. The minimum Gasteiger partial charge on any atom is -0.322 e. The molecule has 2 aliphatic rings. The number of carbonyl (C=O) groups is 3. The van der Waals surface area contributed by atoms with E-state index >= 15 is 0 Å². The van der Waals surface area contributed by atoms with Crippen molar-refractivity contribution in [1.29, 1.82) is 0 Å². The largest absolute Gasteiger partial charge is 0.322 e. The lowest BCUT2D eigenvalue weighted by Crippen LogP contribution is -2.32. The number of hydrogen-bond donors (Lipinski definition) is 1. The average Bonchev–Trinajstić information content (AvgIpc) is 2.95. The Morgan fingerprint density at radius 1 is 0.929 bits per heavy atom. The lowest BCUT2D eigenvalue weighted by Gasteiger charge is -2.18. The van der Waals surface area contributed by atoms with E-state index in [2.05, 4.69) is 5.32 Å². The summed E-state index contributed by atoms with van der Waals surface area (Å²) in [5.41, 5.74) is 3.57. The molecule has 2 aromatic rings. The number of nitrogens with zero attached hydrogens (tertiary/aromatic N) is 1. The number of para-hydroxylation sites is 1. The standard InChI is InChI=1S/C23H22N2O3/c1-14-11-12-16(13-15(14)2)24-21(26)19-9-5-6-10-20(19)25-22(27)17-7-3-4-8-18(17)23(25)28/h3-6,9-13,17-18H,7-8H2,1-2H3,(H,24,26)/t17-,18+.